The van der Waals surface area contributed by atoms with Crippen molar-refractivity contribution in [2.45, 2.75) is 43.8 Å². The highest BCUT2D eigenvalue weighted by atomic mass is 32.2. The molecule has 24 heavy (non-hydrogen) atoms. The second-order valence-electron chi connectivity index (χ2n) is 5.31. The van der Waals surface area contributed by atoms with Gasteiger partial charge >= 0.3 is 0 Å². The van der Waals surface area contributed by atoms with Crippen molar-refractivity contribution in [3.05, 3.63) is 42.2 Å². The highest BCUT2D eigenvalue weighted by molar-refractivity contribution is 7.98. The number of furan rings is 1. The number of aryl methyl sites for hydroxylation is 1. The fourth-order valence-corrected chi connectivity index (χ4v) is 2.86. The molecule has 1 atom stereocenters. The van der Waals surface area contributed by atoms with Crippen LogP contribution in [0.15, 0.2) is 40.2 Å². The Bertz CT molecular complexity index is 787. The minimum Gasteiger partial charge on any atom is -0.457 e. The number of thioether (sulfide) groups is 1. The smallest absolute Gasteiger partial charge is 0.194 e. The predicted molar refractivity (Wildman–Crippen MR) is 90.4 cm³/mol. The first-order valence-corrected chi connectivity index (χ1v) is 8.72. The number of aliphatic hydroxyl groups is 1. The van der Waals surface area contributed by atoms with Gasteiger partial charge in [-0.2, -0.15) is 5.10 Å². The Morgan fingerprint density at radius 3 is 2.83 bits per heavy atom. The second-order valence-corrected chi connectivity index (χ2v) is 6.26. The first-order valence-electron chi connectivity index (χ1n) is 7.74. The van der Waals surface area contributed by atoms with Gasteiger partial charge in [-0.25, -0.2) is 19.6 Å². The molecule has 0 fully saturated rings. The SMILES string of the molecule is CCC(O)Cn1nc(C)nc1-c1ccc(CSc2ncccn2)o1. The van der Waals surface area contributed by atoms with E-state index in [9.17, 15) is 5.11 Å². The van der Waals surface area contributed by atoms with Gasteiger partial charge in [0.15, 0.2) is 16.7 Å². The summed E-state index contributed by atoms with van der Waals surface area (Å²) in [5.74, 6) is 3.37. The van der Waals surface area contributed by atoms with Crippen LogP contribution in [0.2, 0.25) is 0 Å². The Kier molecular flexibility index (Phi) is 5.27. The highest BCUT2D eigenvalue weighted by Gasteiger charge is 2.16. The largest absolute Gasteiger partial charge is 0.457 e. The van der Waals surface area contributed by atoms with Crippen molar-refractivity contribution in [3.63, 3.8) is 0 Å². The molecule has 1 N–H and O–H groups in total. The molecule has 0 radical (unpaired) electrons. The van der Waals surface area contributed by atoms with Crippen molar-refractivity contribution in [1.29, 1.82) is 0 Å². The fraction of sp³-hybridized carbons (Fsp3) is 0.375. The first-order chi connectivity index (χ1) is 11.7. The van der Waals surface area contributed by atoms with Crippen LogP contribution in [0.3, 0.4) is 0 Å². The van der Waals surface area contributed by atoms with E-state index in [-0.39, 0.29) is 0 Å². The molecule has 0 aliphatic rings. The summed E-state index contributed by atoms with van der Waals surface area (Å²) >= 11 is 1.51. The summed E-state index contributed by atoms with van der Waals surface area (Å²) in [7, 11) is 0. The van der Waals surface area contributed by atoms with Crippen molar-refractivity contribution in [3.8, 4) is 11.6 Å². The zero-order valence-corrected chi connectivity index (χ0v) is 14.4. The number of hydrogen-bond acceptors (Lipinski definition) is 7. The van der Waals surface area contributed by atoms with Gasteiger partial charge in [-0.1, -0.05) is 18.7 Å². The van der Waals surface area contributed by atoms with Gasteiger partial charge in [0.1, 0.15) is 11.6 Å². The van der Waals surface area contributed by atoms with E-state index in [2.05, 4.69) is 20.1 Å². The standard InChI is InChI=1S/C16H19N5O2S/c1-3-12(22)9-21-15(19-11(2)20-21)14-6-5-13(23-14)10-24-16-17-7-4-8-18-16/h4-8,12,22H,3,9-10H2,1-2H3. The zero-order chi connectivity index (χ0) is 16.9. The Balaban J connectivity index is 1.73. The molecule has 3 aromatic rings. The number of aliphatic hydroxyl groups excluding tert-OH is 1. The topological polar surface area (TPSA) is 89.9 Å². The average molecular weight is 345 g/mol. The van der Waals surface area contributed by atoms with Crippen LogP contribution in [-0.4, -0.2) is 35.9 Å². The van der Waals surface area contributed by atoms with Gasteiger partial charge in [0.2, 0.25) is 0 Å². The van der Waals surface area contributed by atoms with Crippen molar-refractivity contribution in [1.82, 2.24) is 24.7 Å². The minimum atomic E-state index is -0.454. The first kappa shape index (κ1) is 16.7. The van der Waals surface area contributed by atoms with Crippen molar-refractivity contribution in [2.24, 2.45) is 0 Å². The van der Waals surface area contributed by atoms with E-state index in [0.717, 1.165) is 5.76 Å². The number of hydrogen-bond donors (Lipinski definition) is 1. The molecule has 0 amide bonds. The van der Waals surface area contributed by atoms with Gasteiger partial charge in [-0.15, -0.1) is 0 Å². The van der Waals surface area contributed by atoms with Crippen LogP contribution in [0, 0.1) is 6.92 Å². The van der Waals surface area contributed by atoms with Crippen LogP contribution in [0.4, 0.5) is 0 Å². The summed E-state index contributed by atoms with van der Waals surface area (Å²) in [6.45, 7) is 4.15. The maximum atomic E-state index is 9.87. The van der Waals surface area contributed by atoms with Crippen molar-refractivity contribution in [2.75, 3.05) is 0 Å². The van der Waals surface area contributed by atoms with Crippen molar-refractivity contribution >= 4 is 11.8 Å². The lowest BCUT2D eigenvalue weighted by molar-refractivity contribution is 0.145. The Labute approximate surface area is 144 Å². The molecule has 0 aromatic carbocycles. The molecule has 0 bridgehead atoms. The highest BCUT2D eigenvalue weighted by Crippen LogP contribution is 2.25. The Morgan fingerprint density at radius 1 is 1.29 bits per heavy atom. The van der Waals surface area contributed by atoms with Crippen LogP contribution in [0.5, 0.6) is 0 Å². The molecule has 3 heterocycles. The summed E-state index contributed by atoms with van der Waals surface area (Å²) in [6.07, 6.45) is 3.64. The van der Waals surface area contributed by atoms with Crippen molar-refractivity contribution < 1.29 is 9.52 Å². The van der Waals surface area contributed by atoms with Gasteiger partial charge in [-0.3, -0.25) is 0 Å². The third kappa shape index (κ3) is 4.01. The molecular formula is C16H19N5O2S. The number of rotatable bonds is 7. The Morgan fingerprint density at radius 2 is 2.08 bits per heavy atom. The van der Waals surface area contributed by atoms with E-state index in [1.54, 1.807) is 23.1 Å². The molecule has 0 aliphatic carbocycles. The predicted octanol–water partition coefficient (Wildman–Crippen LogP) is 2.70. The minimum absolute atomic E-state index is 0.398. The molecule has 0 saturated heterocycles. The van der Waals surface area contributed by atoms with E-state index in [0.29, 0.717) is 41.3 Å². The van der Waals surface area contributed by atoms with E-state index in [1.807, 2.05) is 26.0 Å². The molecular weight excluding hydrogens is 326 g/mol. The molecule has 0 aliphatic heterocycles. The molecule has 0 saturated carbocycles. The summed E-state index contributed by atoms with van der Waals surface area (Å²) in [4.78, 5) is 12.8. The van der Waals surface area contributed by atoms with Crippen LogP contribution in [-0.2, 0) is 12.3 Å². The normalized spacial score (nSPS) is 12.5. The third-order valence-corrected chi connectivity index (χ3v) is 4.30. The average Bonchev–Trinajstić information content (AvgIpc) is 3.20. The summed E-state index contributed by atoms with van der Waals surface area (Å²) in [6, 6.07) is 5.57. The van der Waals surface area contributed by atoms with E-state index in [1.165, 1.54) is 11.8 Å². The molecule has 3 rings (SSSR count). The maximum absolute atomic E-state index is 9.87. The number of nitrogens with zero attached hydrogens (tertiary/aromatic N) is 5. The summed E-state index contributed by atoms with van der Waals surface area (Å²) in [5, 5.41) is 14.9. The quantitative estimate of drug-likeness (QED) is 0.520. The summed E-state index contributed by atoms with van der Waals surface area (Å²) in [5.41, 5.74) is 0. The third-order valence-electron chi connectivity index (χ3n) is 3.40. The zero-order valence-electron chi connectivity index (χ0n) is 13.6. The van der Waals surface area contributed by atoms with Crippen LogP contribution in [0.1, 0.15) is 24.9 Å². The van der Waals surface area contributed by atoms with Gasteiger partial charge in [-0.05, 0) is 31.5 Å². The summed E-state index contributed by atoms with van der Waals surface area (Å²) < 4.78 is 7.57. The second kappa shape index (κ2) is 7.59. The molecule has 1 unspecified atom stereocenters. The van der Waals surface area contributed by atoms with E-state index >= 15 is 0 Å². The molecule has 0 spiro atoms. The van der Waals surface area contributed by atoms with Crippen LogP contribution < -0.4 is 0 Å². The van der Waals surface area contributed by atoms with Crippen LogP contribution >= 0.6 is 11.8 Å². The molecule has 126 valence electrons. The maximum Gasteiger partial charge on any atom is 0.194 e. The lowest BCUT2D eigenvalue weighted by Crippen LogP contribution is -2.16. The fourth-order valence-electron chi connectivity index (χ4n) is 2.16. The van der Waals surface area contributed by atoms with Gasteiger partial charge < -0.3 is 9.52 Å². The molecule has 7 nitrogen and oxygen atoms in total. The monoisotopic (exact) mass is 345 g/mol. The lowest BCUT2D eigenvalue weighted by atomic mass is 10.3. The lowest BCUT2D eigenvalue weighted by Gasteiger charge is -2.08. The van der Waals surface area contributed by atoms with Crippen LogP contribution in [0.25, 0.3) is 11.6 Å². The van der Waals surface area contributed by atoms with E-state index in [4.69, 9.17) is 4.42 Å². The number of aromatic nitrogens is 5. The van der Waals surface area contributed by atoms with Gasteiger partial charge in [0.25, 0.3) is 0 Å². The molecule has 8 heteroatoms. The van der Waals surface area contributed by atoms with Gasteiger partial charge in [0, 0.05) is 12.4 Å². The Hall–Kier alpha value is -2.19. The van der Waals surface area contributed by atoms with Gasteiger partial charge in [0.05, 0.1) is 18.4 Å². The molecule has 3 aromatic heterocycles. The van der Waals surface area contributed by atoms with E-state index < -0.39 is 6.10 Å².